The Labute approximate surface area is 177 Å². The summed E-state index contributed by atoms with van der Waals surface area (Å²) in [5.41, 5.74) is 3.11. The third kappa shape index (κ3) is 5.05. The van der Waals surface area contributed by atoms with Gasteiger partial charge in [0.1, 0.15) is 16.8 Å². The minimum atomic E-state index is -0.246. The lowest BCUT2D eigenvalue weighted by Crippen LogP contribution is -2.15. The van der Waals surface area contributed by atoms with Crippen LogP contribution in [0.15, 0.2) is 53.7 Å². The summed E-state index contributed by atoms with van der Waals surface area (Å²) in [6.45, 7) is 1.85. The summed E-state index contributed by atoms with van der Waals surface area (Å²) in [6, 6.07) is 14.5. The van der Waals surface area contributed by atoms with Crippen molar-refractivity contribution in [1.82, 2.24) is 9.97 Å². The highest BCUT2D eigenvalue weighted by Gasteiger charge is 2.14. The molecule has 3 aromatic rings. The van der Waals surface area contributed by atoms with Crippen LogP contribution in [0.1, 0.15) is 11.1 Å². The predicted molar refractivity (Wildman–Crippen MR) is 114 cm³/mol. The Bertz CT molecular complexity index is 1080. The number of nitriles is 1. The summed E-state index contributed by atoms with van der Waals surface area (Å²) in [4.78, 5) is 21.2. The van der Waals surface area contributed by atoms with E-state index < -0.39 is 0 Å². The number of aryl methyl sites for hydroxylation is 1. The van der Waals surface area contributed by atoms with Crippen LogP contribution in [0.5, 0.6) is 5.75 Å². The molecule has 3 rings (SSSR count). The summed E-state index contributed by atoms with van der Waals surface area (Å²) < 4.78 is 5.28. The standard InChI is InChI=1S/C21H17ClN4O2S/c1-13-9-18(19(28-2)10-15(13)22)25-20(27)12-29-21-14(11-23)6-7-17(26-21)16-5-3-4-8-24-16/h3-10H,12H2,1-2H3,(H,25,27). The van der Waals surface area contributed by atoms with E-state index >= 15 is 0 Å². The second kappa shape index (κ2) is 9.41. The zero-order chi connectivity index (χ0) is 20.8. The van der Waals surface area contributed by atoms with Gasteiger partial charge in [0.25, 0.3) is 0 Å². The monoisotopic (exact) mass is 424 g/mol. The molecule has 0 saturated carbocycles. The Kier molecular flexibility index (Phi) is 6.70. The fraction of sp³-hybridized carbons (Fsp3) is 0.143. The van der Waals surface area contributed by atoms with Crippen molar-refractivity contribution in [2.45, 2.75) is 11.9 Å². The van der Waals surface area contributed by atoms with E-state index in [4.69, 9.17) is 16.3 Å². The minimum Gasteiger partial charge on any atom is -0.495 e. The SMILES string of the molecule is COc1cc(Cl)c(C)cc1NC(=O)CSc1nc(-c2ccccn2)ccc1C#N. The van der Waals surface area contributed by atoms with Crippen LogP contribution in [-0.4, -0.2) is 28.7 Å². The van der Waals surface area contributed by atoms with Gasteiger partial charge in [-0.3, -0.25) is 9.78 Å². The zero-order valence-corrected chi connectivity index (χ0v) is 17.3. The Morgan fingerprint density at radius 1 is 1.28 bits per heavy atom. The van der Waals surface area contributed by atoms with E-state index in [1.54, 1.807) is 30.5 Å². The summed E-state index contributed by atoms with van der Waals surface area (Å²) in [5, 5.41) is 13.2. The molecule has 2 aromatic heterocycles. The number of hydrogen-bond acceptors (Lipinski definition) is 6. The van der Waals surface area contributed by atoms with Gasteiger partial charge in [-0.25, -0.2) is 4.98 Å². The molecule has 2 heterocycles. The first-order valence-corrected chi connectivity index (χ1v) is 9.97. The summed E-state index contributed by atoms with van der Waals surface area (Å²) >= 11 is 7.29. The number of pyridine rings is 2. The average Bonchev–Trinajstić information content (AvgIpc) is 2.75. The van der Waals surface area contributed by atoms with Crippen LogP contribution in [0.2, 0.25) is 5.02 Å². The van der Waals surface area contributed by atoms with E-state index in [-0.39, 0.29) is 11.7 Å². The molecule has 1 amide bonds. The number of thioether (sulfide) groups is 1. The molecule has 0 atom stereocenters. The van der Waals surface area contributed by atoms with Gasteiger partial charge < -0.3 is 10.1 Å². The number of carbonyl (C=O) groups excluding carboxylic acids is 1. The number of hydrogen-bond donors (Lipinski definition) is 1. The van der Waals surface area contributed by atoms with Crippen LogP contribution in [0.3, 0.4) is 0 Å². The van der Waals surface area contributed by atoms with Crippen molar-refractivity contribution in [2.75, 3.05) is 18.2 Å². The molecule has 0 aliphatic carbocycles. The van der Waals surface area contributed by atoms with Crippen molar-refractivity contribution in [3.8, 4) is 23.2 Å². The number of halogens is 1. The number of carbonyl (C=O) groups is 1. The number of amides is 1. The fourth-order valence-corrected chi connectivity index (χ4v) is 3.47. The van der Waals surface area contributed by atoms with Crippen molar-refractivity contribution in [1.29, 1.82) is 5.26 Å². The first-order valence-electron chi connectivity index (χ1n) is 8.61. The molecule has 8 heteroatoms. The zero-order valence-electron chi connectivity index (χ0n) is 15.8. The maximum Gasteiger partial charge on any atom is 0.234 e. The molecule has 0 bridgehead atoms. The van der Waals surface area contributed by atoms with Gasteiger partial charge in [-0.05, 0) is 42.8 Å². The molecule has 0 fully saturated rings. The van der Waals surface area contributed by atoms with Crippen molar-refractivity contribution in [3.63, 3.8) is 0 Å². The predicted octanol–water partition coefficient (Wildman–Crippen LogP) is 4.72. The van der Waals surface area contributed by atoms with Crippen LogP contribution in [-0.2, 0) is 4.79 Å². The first kappa shape index (κ1) is 20.6. The fourth-order valence-electron chi connectivity index (χ4n) is 2.54. The molecule has 0 saturated heterocycles. The molecule has 0 unspecified atom stereocenters. The van der Waals surface area contributed by atoms with Gasteiger partial charge in [0.15, 0.2) is 0 Å². The topological polar surface area (TPSA) is 87.9 Å². The van der Waals surface area contributed by atoms with Gasteiger partial charge in [0.2, 0.25) is 5.91 Å². The Morgan fingerprint density at radius 2 is 2.10 bits per heavy atom. The van der Waals surface area contributed by atoms with Crippen molar-refractivity contribution >= 4 is 35.0 Å². The van der Waals surface area contributed by atoms with Crippen LogP contribution < -0.4 is 10.1 Å². The maximum atomic E-state index is 12.5. The van der Waals surface area contributed by atoms with Gasteiger partial charge >= 0.3 is 0 Å². The third-order valence-electron chi connectivity index (χ3n) is 4.00. The van der Waals surface area contributed by atoms with Gasteiger partial charge in [0, 0.05) is 17.3 Å². The van der Waals surface area contributed by atoms with Crippen LogP contribution in [0.25, 0.3) is 11.4 Å². The molecule has 1 aromatic carbocycles. The highest BCUT2D eigenvalue weighted by Crippen LogP contribution is 2.31. The van der Waals surface area contributed by atoms with Gasteiger partial charge in [-0.2, -0.15) is 5.26 Å². The Balaban J connectivity index is 1.75. The number of nitrogens with one attached hydrogen (secondary N) is 1. The number of benzene rings is 1. The van der Waals surface area contributed by atoms with E-state index in [1.807, 2.05) is 25.1 Å². The van der Waals surface area contributed by atoms with Gasteiger partial charge in [-0.1, -0.05) is 29.4 Å². The second-order valence-corrected chi connectivity index (χ2v) is 7.39. The molecule has 0 radical (unpaired) electrons. The van der Waals surface area contributed by atoms with Gasteiger partial charge in [0.05, 0.1) is 35.5 Å². The van der Waals surface area contributed by atoms with Crippen LogP contribution >= 0.6 is 23.4 Å². The van der Waals surface area contributed by atoms with Crippen molar-refractivity contribution in [2.24, 2.45) is 0 Å². The van der Waals surface area contributed by atoms with E-state index in [0.717, 1.165) is 5.56 Å². The Morgan fingerprint density at radius 3 is 2.79 bits per heavy atom. The average molecular weight is 425 g/mol. The van der Waals surface area contributed by atoms with E-state index in [2.05, 4.69) is 21.4 Å². The summed E-state index contributed by atoms with van der Waals surface area (Å²) in [7, 11) is 1.51. The molecule has 1 N–H and O–H groups in total. The van der Waals surface area contributed by atoms with Crippen LogP contribution in [0, 0.1) is 18.3 Å². The number of nitrogens with zero attached hydrogens (tertiary/aromatic N) is 3. The third-order valence-corrected chi connectivity index (χ3v) is 5.40. The van der Waals surface area contributed by atoms with Crippen molar-refractivity contribution in [3.05, 3.63) is 64.8 Å². The summed E-state index contributed by atoms with van der Waals surface area (Å²) in [6.07, 6.45) is 1.68. The molecule has 0 aliphatic heterocycles. The maximum absolute atomic E-state index is 12.5. The number of anilines is 1. The van der Waals surface area contributed by atoms with E-state index in [0.29, 0.717) is 38.4 Å². The molecule has 0 aliphatic rings. The normalized spacial score (nSPS) is 10.3. The smallest absolute Gasteiger partial charge is 0.234 e. The molecule has 146 valence electrons. The first-order chi connectivity index (χ1) is 14.0. The highest BCUT2D eigenvalue weighted by atomic mass is 35.5. The summed E-state index contributed by atoms with van der Waals surface area (Å²) in [5.74, 6) is 0.314. The second-order valence-electron chi connectivity index (χ2n) is 6.01. The number of methoxy groups -OCH3 is 1. The van der Waals surface area contributed by atoms with E-state index in [9.17, 15) is 10.1 Å². The lowest BCUT2D eigenvalue weighted by atomic mass is 10.2. The number of ether oxygens (including phenoxy) is 1. The van der Waals surface area contributed by atoms with Gasteiger partial charge in [-0.15, -0.1) is 0 Å². The van der Waals surface area contributed by atoms with E-state index in [1.165, 1.54) is 18.9 Å². The molecule has 6 nitrogen and oxygen atoms in total. The number of aromatic nitrogens is 2. The van der Waals surface area contributed by atoms with Crippen molar-refractivity contribution < 1.29 is 9.53 Å². The molecular formula is C21H17ClN4O2S. The molecule has 0 spiro atoms. The largest absolute Gasteiger partial charge is 0.495 e. The molecule has 29 heavy (non-hydrogen) atoms. The Hall–Kier alpha value is -3.08. The minimum absolute atomic E-state index is 0.0815. The number of rotatable bonds is 6. The lowest BCUT2D eigenvalue weighted by Gasteiger charge is -2.12. The van der Waals surface area contributed by atoms with Crippen LogP contribution in [0.4, 0.5) is 5.69 Å². The molecular weight excluding hydrogens is 408 g/mol. The lowest BCUT2D eigenvalue weighted by molar-refractivity contribution is -0.113. The highest BCUT2D eigenvalue weighted by molar-refractivity contribution is 8.00. The quantitative estimate of drug-likeness (QED) is 0.576.